The van der Waals surface area contributed by atoms with Crippen LogP contribution < -0.4 is 5.32 Å². The van der Waals surface area contributed by atoms with Crippen molar-refractivity contribution in [3.8, 4) is 0 Å². The van der Waals surface area contributed by atoms with Gasteiger partial charge in [0.1, 0.15) is 6.61 Å². The third kappa shape index (κ3) is 5.72. The minimum absolute atomic E-state index is 0.383. The molecule has 0 saturated heterocycles. The standard InChI is InChI=1S/C6H11F2NO2/c1-4(2-5(7)8)9-6(11)3-10/h4-5,10H,2-3H2,1H3,(H,9,11). The van der Waals surface area contributed by atoms with Gasteiger partial charge in [0.15, 0.2) is 0 Å². The summed E-state index contributed by atoms with van der Waals surface area (Å²) in [7, 11) is 0. The van der Waals surface area contributed by atoms with Crippen molar-refractivity contribution in [3.05, 3.63) is 0 Å². The van der Waals surface area contributed by atoms with Gasteiger partial charge >= 0.3 is 0 Å². The summed E-state index contributed by atoms with van der Waals surface area (Å²) >= 11 is 0. The van der Waals surface area contributed by atoms with Crippen LogP contribution in [-0.4, -0.2) is 30.1 Å². The minimum Gasteiger partial charge on any atom is -0.387 e. The lowest BCUT2D eigenvalue weighted by atomic mass is 10.2. The molecule has 0 saturated carbocycles. The summed E-state index contributed by atoms with van der Waals surface area (Å²) in [6.07, 6.45) is -2.81. The maximum absolute atomic E-state index is 11.6. The van der Waals surface area contributed by atoms with Gasteiger partial charge in [0.2, 0.25) is 12.3 Å². The predicted molar refractivity (Wildman–Crippen MR) is 35.3 cm³/mol. The molecule has 0 aromatic heterocycles. The van der Waals surface area contributed by atoms with E-state index in [-0.39, 0.29) is 6.42 Å². The highest BCUT2D eigenvalue weighted by Crippen LogP contribution is 2.02. The lowest BCUT2D eigenvalue weighted by Crippen LogP contribution is -2.35. The van der Waals surface area contributed by atoms with E-state index in [0.717, 1.165) is 0 Å². The number of hydrogen-bond acceptors (Lipinski definition) is 2. The topological polar surface area (TPSA) is 49.3 Å². The maximum atomic E-state index is 11.6. The van der Waals surface area contributed by atoms with Gasteiger partial charge in [-0.2, -0.15) is 0 Å². The van der Waals surface area contributed by atoms with Crippen LogP contribution in [0.5, 0.6) is 0 Å². The molecule has 0 rings (SSSR count). The first-order valence-electron chi connectivity index (χ1n) is 3.24. The molecule has 1 unspecified atom stereocenters. The lowest BCUT2D eigenvalue weighted by molar-refractivity contribution is -0.124. The van der Waals surface area contributed by atoms with Crippen molar-refractivity contribution in [2.24, 2.45) is 0 Å². The average molecular weight is 167 g/mol. The fraction of sp³-hybridized carbons (Fsp3) is 0.833. The van der Waals surface area contributed by atoms with E-state index in [1.54, 1.807) is 0 Å². The first kappa shape index (κ1) is 10.3. The number of hydrogen-bond donors (Lipinski definition) is 2. The Morgan fingerprint density at radius 3 is 2.55 bits per heavy atom. The quantitative estimate of drug-likeness (QED) is 0.625. The SMILES string of the molecule is CC(CC(F)F)NC(=O)CO. The third-order valence-corrected chi connectivity index (χ3v) is 1.08. The Bertz CT molecular complexity index is 130. The molecule has 0 aliphatic carbocycles. The van der Waals surface area contributed by atoms with Gasteiger partial charge in [-0.05, 0) is 6.92 Å². The van der Waals surface area contributed by atoms with E-state index < -0.39 is 25.0 Å². The fourth-order valence-electron chi connectivity index (χ4n) is 0.647. The molecule has 0 heterocycles. The molecule has 66 valence electrons. The number of nitrogens with one attached hydrogen (secondary N) is 1. The molecule has 0 aromatic rings. The molecule has 0 fully saturated rings. The second-order valence-corrected chi connectivity index (χ2v) is 2.25. The average Bonchev–Trinajstić information content (AvgIpc) is 1.85. The number of amides is 1. The number of rotatable bonds is 4. The van der Waals surface area contributed by atoms with Crippen LogP contribution >= 0.6 is 0 Å². The third-order valence-electron chi connectivity index (χ3n) is 1.08. The molecule has 0 aliphatic heterocycles. The summed E-state index contributed by atoms with van der Waals surface area (Å²) < 4.78 is 23.3. The Kier molecular flexibility index (Phi) is 4.69. The summed E-state index contributed by atoms with van der Waals surface area (Å²) in [5.41, 5.74) is 0. The zero-order valence-corrected chi connectivity index (χ0v) is 6.18. The van der Waals surface area contributed by atoms with Crippen molar-refractivity contribution in [2.75, 3.05) is 6.61 Å². The minimum atomic E-state index is -2.43. The summed E-state index contributed by atoms with van der Waals surface area (Å²) in [5, 5.41) is 10.4. The first-order valence-corrected chi connectivity index (χ1v) is 3.24. The molecule has 1 amide bonds. The molecule has 2 N–H and O–H groups in total. The largest absolute Gasteiger partial charge is 0.387 e. The van der Waals surface area contributed by atoms with Gasteiger partial charge in [-0.15, -0.1) is 0 Å². The molecule has 0 radical (unpaired) electrons. The molecule has 5 heteroatoms. The highest BCUT2D eigenvalue weighted by atomic mass is 19.3. The molecule has 0 aromatic carbocycles. The Morgan fingerprint density at radius 1 is 1.64 bits per heavy atom. The highest BCUT2D eigenvalue weighted by molar-refractivity contribution is 5.77. The monoisotopic (exact) mass is 167 g/mol. The second-order valence-electron chi connectivity index (χ2n) is 2.25. The molecular formula is C6H11F2NO2. The van der Waals surface area contributed by atoms with Gasteiger partial charge in [-0.1, -0.05) is 0 Å². The lowest BCUT2D eigenvalue weighted by Gasteiger charge is -2.11. The van der Waals surface area contributed by atoms with Gasteiger partial charge in [-0.3, -0.25) is 4.79 Å². The van der Waals surface area contributed by atoms with E-state index >= 15 is 0 Å². The number of halogens is 2. The van der Waals surface area contributed by atoms with E-state index in [0.29, 0.717) is 0 Å². The van der Waals surface area contributed by atoms with Crippen LogP contribution in [0.1, 0.15) is 13.3 Å². The Labute approximate surface area is 63.4 Å². The number of carbonyl (C=O) groups is 1. The van der Waals surface area contributed by atoms with Crippen molar-refractivity contribution in [1.29, 1.82) is 0 Å². The van der Waals surface area contributed by atoms with Crippen molar-refractivity contribution >= 4 is 5.91 Å². The van der Waals surface area contributed by atoms with Crippen molar-refractivity contribution < 1.29 is 18.7 Å². The van der Waals surface area contributed by atoms with Gasteiger partial charge in [0.05, 0.1) is 0 Å². The number of carbonyl (C=O) groups excluding carboxylic acids is 1. The molecule has 0 spiro atoms. The van der Waals surface area contributed by atoms with E-state index in [4.69, 9.17) is 5.11 Å². The Balaban J connectivity index is 3.51. The van der Waals surface area contributed by atoms with Crippen LogP contribution in [0.25, 0.3) is 0 Å². The van der Waals surface area contributed by atoms with Gasteiger partial charge < -0.3 is 10.4 Å². The van der Waals surface area contributed by atoms with Gasteiger partial charge in [0.25, 0.3) is 0 Å². The van der Waals surface area contributed by atoms with E-state index in [1.165, 1.54) is 6.92 Å². The highest BCUT2D eigenvalue weighted by Gasteiger charge is 2.11. The smallest absolute Gasteiger partial charge is 0.245 e. The van der Waals surface area contributed by atoms with Crippen molar-refractivity contribution in [2.45, 2.75) is 25.8 Å². The molecule has 1 atom stereocenters. The Hall–Kier alpha value is -0.710. The van der Waals surface area contributed by atoms with Crippen LogP contribution in [-0.2, 0) is 4.79 Å². The first-order chi connectivity index (χ1) is 5.06. The van der Waals surface area contributed by atoms with Gasteiger partial charge in [-0.25, -0.2) is 8.78 Å². The van der Waals surface area contributed by atoms with Crippen LogP contribution in [0.3, 0.4) is 0 Å². The van der Waals surface area contributed by atoms with Crippen LogP contribution in [0.15, 0.2) is 0 Å². The normalized spacial score (nSPS) is 13.2. The van der Waals surface area contributed by atoms with Crippen molar-refractivity contribution in [1.82, 2.24) is 5.32 Å². The number of aliphatic hydroxyl groups excluding tert-OH is 1. The zero-order chi connectivity index (χ0) is 8.85. The summed E-state index contributed by atoms with van der Waals surface area (Å²) in [6.45, 7) is 0.799. The molecule has 0 aliphatic rings. The van der Waals surface area contributed by atoms with Crippen LogP contribution in [0, 0.1) is 0 Å². The van der Waals surface area contributed by atoms with E-state index in [2.05, 4.69) is 5.32 Å². The molecule has 0 bridgehead atoms. The second kappa shape index (κ2) is 5.01. The van der Waals surface area contributed by atoms with Crippen molar-refractivity contribution in [3.63, 3.8) is 0 Å². The summed E-state index contributed by atoms with van der Waals surface area (Å²) in [6, 6.07) is -0.588. The van der Waals surface area contributed by atoms with Gasteiger partial charge in [0, 0.05) is 12.5 Å². The molecule has 3 nitrogen and oxygen atoms in total. The predicted octanol–water partition coefficient (Wildman–Crippen LogP) is 0.139. The van der Waals surface area contributed by atoms with E-state index in [1.807, 2.05) is 0 Å². The van der Waals surface area contributed by atoms with Crippen LogP contribution in [0.4, 0.5) is 8.78 Å². The number of alkyl halides is 2. The summed E-state index contributed by atoms with van der Waals surface area (Å²) in [4.78, 5) is 10.4. The summed E-state index contributed by atoms with van der Waals surface area (Å²) in [5.74, 6) is -0.627. The number of aliphatic hydroxyl groups is 1. The zero-order valence-electron chi connectivity index (χ0n) is 6.18. The molecule has 11 heavy (non-hydrogen) atoms. The van der Waals surface area contributed by atoms with E-state index in [9.17, 15) is 13.6 Å². The Morgan fingerprint density at radius 2 is 2.18 bits per heavy atom. The van der Waals surface area contributed by atoms with Crippen LogP contribution in [0.2, 0.25) is 0 Å². The molecular weight excluding hydrogens is 156 g/mol. The maximum Gasteiger partial charge on any atom is 0.245 e. The fourth-order valence-corrected chi connectivity index (χ4v) is 0.647.